The van der Waals surface area contributed by atoms with Gasteiger partial charge in [-0.25, -0.2) is 0 Å². The van der Waals surface area contributed by atoms with Crippen LogP contribution in [0, 0.1) is 0 Å². The number of nitrogens with zero attached hydrogens (tertiary/aromatic N) is 1. The predicted octanol–water partition coefficient (Wildman–Crippen LogP) is 2.28. The Morgan fingerprint density at radius 2 is 2.27 bits per heavy atom. The molecule has 0 saturated heterocycles. The molecule has 1 aliphatic heterocycles. The van der Waals surface area contributed by atoms with Crippen LogP contribution in [-0.4, -0.2) is 19.0 Å². The molecule has 1 aromatic rings. The van der Waals surface area contributed by atoms with E-state index in [1.54, 1.807) is 6.07 Å². The normalized spacial score (nSPS) is 14.4. The topological polar surface area (TPSA) is 48.5 Å². The zero-order valence-electron chi connectivity index (χ0n) is 7.85. The lowest BCUT2D eigenvalue weighted by atomic mass is 10.3. The van der Waals surface area contributed by atoms with E-state index >= 15 is 0 Å². The summed E-state index contributed by atoms with van der Waals surface area (Å²) in [5, 5.41) is 6.81. The van der Waals surface area contributed by atoms with Crippen molar-refractivity contribution in [3.05, 3.63) is 23.2 Å². The highest BCUT2D eigenvalue weighted by atomic mass is 35.5. The second-order valence-corrected chi connectivity index (χ2v) is 3.67. The second-order valence-electron chi connectivity index (χ2n) is 3.07. The van der Waals surface area contributed by atoms with Crippen molar-refractivity contribution in [3.8, 4) is 0 Å². The van der Waals surface area contributed by atoms with Gasteiger partial charge in [0.15, 0.2) is 5.96 Å². The van der Waals surface area contributed by atoms with Gasteiger partial charge in [0, 0.05) is 24.0 Å². The van der Waals surface area contributed by atoms with Crippen LogP contribution in [0.2, 0.25) is 5.02 Å². The molecule has 0 fully saturated rings. The number of halogens is 2. The Morgan fingerprint density at radius 1 is 1.40 bits per heavy atom. The van der Waals surface area contributed by atoms with Crippen LogP contribution in [0.15, 0.2) is 23.2 Å². The van der Waals surface area contributed by atoms with Gasteiger partial charge in [0.25, 0.3) is 0 Å². The van der Waals surface area contributed by atoms with Crippen molar-refractivity contribution in [1.29, 1.82) is 0 Å². The number of hydrogen-bond donors (Lipinski definition) is 3. The first-order chi connectivity index (χ1) is 7.29. The van der Waals surface area contributed by atoms with Crippen LogP contribution in [0.25, 0.3) is 0 Å². The molecule has 80 valence electrons. The Morgan fingerprint density at radius 3 is 2.93 bits per heavy atom. The third-order valence-electron chi connectivity index (χ3n) is 2.01. The molecule has 15 heavy (non-hydrogen) atoms. The van der Waals surface area contributed by atoms with E-state index in [1.807, 2.05) is 12.1 Å². The minimum atomic E-state index is 0.580. The first-order valence-electron chi connectivity index (χ1n) is 4.51. The van der Waals surface area contributed by atoms with E-state index in [0.717, 1.165) is 24.7 Å². The van der Waals surface area contributed by atoms with E-state index in [1.165, 1.54) is 0 Å². The number of nitrogens with one attached hydrogen (secondary N) is 3. The Kier molecular flexibility index (Phi) is 3.18. The lowest BCUT2D eigenvalue weighted by Gasteiger charge is -2.08. The van der Waals surface area contributed by atoms with E-state index in [0.29, 0.717) is 10.7 Å². The predicted molar refractivity (Wildman–Crippen MR) is 64.9 cm³/mol. The molecular weight excluding hydrogens is 235 g/mol. The van der Waals surface area contributed by atoms with Gasteiger partial charge in [-0.3, -0.25) is 9.83 Å². The van der Waals surface area contributed by atoms with Crippen LogP contribution in [-0.2, 0) is 0 Å². The molecular formula is C9H10Cl2N4. The lowest BCUT2D eigenvalue weighted by Crippen LogP contribution is -2.26. The molecule has 0 unspecified atom stereocenters. The fourth-order valence-corrected chi connectivity index (χ4v) is 1.66. The zero-order valence-corrected chi connectivity index (χ0v) is 9.36. The van der Waals surface area contributed by atoms with Crippen molar-refractivity contribution in [2.24, 2.45) is 4.99 Å². The minimum Gasteiger partial charge on any atom is -0.354 e. The molecule has 3 N–H and O–H groups in total. The summed E-state index contributed by atoms with van der Waals surface area (Å²) in [4.78, 5) is 6.72. The molecule has 0 bridgehead atoms. The van der Waals surface area contributed by atoms with Crippen molar-refractivity contribution < 1.29 is 0 Å². The molecule has 0 aromatic heterocycles. The summed E-state index contributed by atoms with van der Waals surface area (Å²) in [5.74, 6) is 0.776. The summed E-state index contributed by atoms with van der Waals surface area (Å²) in [7, 11) is 0. The van der Waals surface area contributed by atoms with Gasteiger partial charge in [-0.1, -0.05) is 11.6 Å². The van der Waals surface area contributed by atoms with E-state index < -0.39 is 0 Å². The Labute approximate surface area is 97.8 Å². The van der Waals surface area contributed by atoms with Gasteiger partial charge < -0.3 is 10.6 Å². The lowest BCUT2D eigenvalue weighted by molar-refractivity contribution is 0.959. The summed E-state index contributed by atoms with van der Waals surface area (Å²) < 4.78 is 0. The van der Waals surface area contributed by atoms with E-state index in [4.69, 9.17) is 23.4 Å². The van der Waals surface area contributed by atoms with Gasteiger partial charge in [-0.05, 0) is 18.2 Å². The largest absolute Gasteiger partial charge is 0.354 e. The van der Waals surface area contributed by atoms with Gasteiger partial charge >= 0.3 is 0 Å². The molecule has 0 radical (unpaired) electrons. The summed E-state index contributed by atoms with van der Waals surface area (Å²) in [6.07, 6.45) is 0. The zero-order chi connectivity index (χ0) is 10.7. The summed E-state index contributed by atoms with van der Waals surface area (Å²) in [5.41, 5.74) is 1.55. The van der Waals surface area contributed by atoms with Crippen molar-refractivity contribution >= 4 is 40.7 Å². The summed E-state index contributed by atoms with van der Waals surface area (Å²) >= 11 is 11.4. The molecule has 0 aliphatic carbocycles. The smallest absolute Gasteiger partial charge is 0.195 e. The van der Waals surface area contributed by atoms with Crippen LogP contribution in [0.5, 0.6) is 0 Å². The number of benzene rings is 1. The maximum atomic E-state index is 5.89. The van der Waals surface area contributed by atoms with E-state index in [2.05, 4.69) is 20.5 Å². The standard InChI is InChI=1S/C9H10Cl2N4/c10-7-2-1-6(5-8(7)15-11)14-9-12-3-4-13-9/h1-2,5,15H,3-4H2,(H2,12,13,14). The number of anilines is 2. The third kappa shape index (κ3) is 2.46. The van der Waals surface area contributed by atoms with Gasteiger partial charge in [0.1, 0.15) is 0 Å². The van der Waals surface area contributed by atoms with Crippen molar-refractivity contribution in [2.45, 2.75) is 0 Å². The van der Waals surface area contributed by atoms with Gasteiger partial charge in [-0.15, -0.1) is 0 Å². The summed E-state index contributed by atoms with van der Waals surface area (Å²) in [6, 6.07) is 5.45. The first kappa shape index (κ1) is 10.4. The van der Waals surface area contributed by atoms with Gasteiger partial charge in [-0.2, -0.15) is 0 Å². The van der Waals surface area contributed by atoms with Gasteiger partial charge in [0.2, 0.25) is 0 Å². The molecule has 4 nitrogen and oxygen atoms in total. The molecule has 2 rings (SSSR count). The number of aliphatic imine (C=N–C) groups is 1. The average Bonchev–Trinajstić information content (AvgIpc) is 2.73. The Bertz CT molecular complexity index is 392. The highest BCUT2D eigenvalue weighted by molar-refractivity contribution is 6.35. The second kappa shape index (κ2) is 4.59. The maximum Gasteiger partial charge on any atom is 0.195 e. The fourth-order valence-electron chi connectivity index (χ4n) is 1.29. The fraction of sp³-hybridized carbons (Fsp3) is 0.222. The molecule has 6 heteroatoms. The highest BCUT2D eigenvalue weighted by Crippen LogP contribution is 2.25. The number of guanidine groups is 1. The van der Waals surface area contributed by atoms with Crippen LogP contribution >= 0.6 is 23.4 Å². The average molecular weight is 245 g/mol. The first-order valence-corrected chi connectivity index (χ1v) is 5.27. The van der Waals surface area contributed by atoms with Crippen LogP contribution in [0.4, 0.5) is 11.4 Å². The molecule has 0 saturated carbocycles. The highest BCUT2D eigenvalue weighted by Gasteiger charge is 2.06. The number of rotatable bonds is 2. The minimum absolute atomic E-state index is 0.580. The quantitative estimate of drug-likeness (QED) is 0.700. The molecule has 0 atom stereocenters. The summed E-state index contributed by atoms with van der Waals surface area (Å²) in [6.45, 7) is 1.67. The molecule has 1 aromatic carbocycles. The van der Waals surface area contributed by atoms with Crippen molar-refractivity contribution in [3.63, 3.8) is 0 Å². The third-order valence-corrected chi connectivity index (χ3v) is 2.54. The molecule has 0 amide bonds. The van der Waals surface area contributed by atoms with Crippen molar-refractivity contribution in [2.75, 3.05) is 23.2 Å². The molecule has 1 aliphatic rings. The molecule has 0 spiro atoms. The monoisotopic (exact) mass is 244 g/mol. The van der Waals surface area contributed by atoms with Gasteiger partial charge in [0.05, 0.1) is 17.3 Å². The SMILES string of the molecule is ClNc1cc(NC2=NCCN2)ccc1Cl. The molecule has 1 heterocycles. The van der Waals surface area contributed by atoms with Crippen LogP contribution in [0.1, 0.15) is 0 Å². The maximum absolute atomic E-state index is 5.89. The Hall–Kier alpha value is -1.13. The van der Waals surface area contributed by atoms with Crippen molar-refractivity contribution in [1.82, 2.24) is 5.32 Å². The Balaban J connectivity index is 2.14. The van der Waals surface area contributed by atoms with Crippen LogP contribution < -0.4 is 15.5 Å². The van der Waals surface area contributed by atoms with Crippen LogP contribution in [0.3, 0.4) is 0 Å². The number of hydrogen-bond acceptors (Lipinski definition) is 4. The van der Waals surface area contributed by atoms with E-state index in [-0.39, 0.29) is 0 Å². The van der Waals surface area contributed by atoms with E-state index in [9.17, 15) is 0 Å².